The molecule has 0 aromatic heterocycles. The maximum absolute atomic E-state index is 9.81. The van der Waals surface area contributed by atoms with E-state index in [1.165, 1.54) is 0 Å². The zero-order valence-electron chi connectivity index (χ0n) is 3.72. The van der Waals surface area contributed by atoms with Gasteiger partial charge < -0.3 is 0 Å². The molecule has 0 heterocycles. The third-order valence-electron chi connectivity index (χ3n) is 0.537. The predicted molar refractivity (Wildman–Crippen MR) is 26.2 cm³/mol. The van der Waals surface area contributed by atoms with Gasteiger partial charge >= 0.3 is 49.4 Å². The molecule has 0 saturated carbocycles. The Labute approximate surface area is 50.1 Å². The van der Waals surface area contributed by atoms with Crippen LogP contribution in [0, 0.1) is 0 Å². The number of hydrogen-bond acceptors (Lipinski definition) is 2. The van der Waals surface area contributed by atoms with E-state index in [1.807, 2.05) is 0 Å². The van der Waals surface area contributed by atoms with Gasteiger partial charge in [0.05, 0.1) is 0 Å². The Balaban J connectivity index is 3.34. The van der Waals surface area contributed by atoms with Gasteiger partial charge in [-0.3, -0.25) is 0 Å². The van der Waals surface area contributed by atoms with Crippen molar-refractivity contribution in [3.8, 4) is 0 Å². The first-order valence-corrected chi connectivity index (χ1v) is 3.30. The third kappa shape index (κ3) is 2.64. The molecule has 0 saturated heterocycles. The second-order valence-corrected chi connectivity index (χ2v) is 2.01. The molecular formula is C3H6GeNO2. The van der Waals surface area contributed by atoms with E-state index in [0.29, 0.717) is 5.25 Å². The first-order valence-electron chi connectivity index (χ1n) is 1.81. The van der Waals surface area contributed by atoms with Crippen molar-refractivity contribution in [2.24, 2.45) is 5.73 Å². The molecule has 0 rings (SSSR count). The van der Waals surface area contributed by atoms with Gasteiger partial charge in [0.25, 0.3) is 0 Å². The number of aliphatic carboxylic acids is 1. The second-order valence-electron chi connectivity index (χ2n) is 1.15. The van der Waals surface area contributed by atoms with Gasteiger partial charge in [0.1, 0.15) is 0 Å². The molecule has 0 aliphatic rings. The van der Waals surface area contributed by atoms with E-state index >= 15 is 0 Å². The van der Waals surface area contributed by atoms with Crippen LogP contribution in [-0.4, -0.2) is 33.6 Å². The summed E-state index contributed by atoms with van der Waals surface area (Å²) in [4.78, 5) is 9.81. The minimum absolute atomic E-state index is 0.495. The van der Waals surface area contributed by atoms with Crippen molar-refractivity contribution in [2.75, 3.05) is 0 Å². The number of carboxylic acid groups (broad SMARTS) is 1. The quantitative estimate of drug-likeness (QED) is 0.509. The summed E-state index contributed by atoms with van der Waals surface area (Å²) in [5.41, 5.74) is 5.02. The molecule has 0 aromatic carbocycles. The van der Waals surface area contributed by atoms with Crippen molar-refractivity contribution in [1.29, 1.82) is 0 Å². The molecule has 3 nitrogen and oxygen atoms in total. The predicted octanol–water partition coefficient (Wildman–Crippen LogP) is -1.01. The number of carbonyl (C=O) groups is 1. The zero-order valence-corrected chi connectivity index (χ0v) is 5.82. The molecule has 0 amide bonds. The summed E-state index contributed by atoms with van der Waals surface area (Å²) in [6.45, 7) is 0. The minimum atomic E-state index is -0.928. The fraction of sp³-hybridized carbons (Fsp3) is 0.667. The second kappa shape index (κ2) is 3.04. The Bertz CT molecular complexity index is 75.3. The first-order chi connectivity index (χ1) is 3.18. The summed E-state index contributed by atoms with van der Waals surface area (Å²) in [5, 5.41) is 8.55. The van der Waals surface area contributed by atoms with E-state index in [0.717, 1.165) is 0 Å². The Kier molecular flexibility index (Phi) is 3.03. The molecule has 0 fully saturated rings. The number of nitrogens with two attached hydrogens (primary N) is 1. The molecule has 0 aliphatic carbocycles. The molecule has 0 bridgehead atoms. The maximum atomic E-state index is 9.81. The molecule has 39 valence electrons. The van der Waals surface area contributed by atoms with Crippen LogP contribution in [0.1, 0.15) is 0 Å². The van der Waals surface area contributed by atoms with Crippen molar-refractivity contribution < 1.29 is 9.90 Å². The van der Waals surface area contributed by atoms with Crippen LogP contribution in [0.2, 0.25) is 5.25 Å². The zero-order chi connectivity index (χ0) is 5.86. The summed E-state index contributed by atoms with van der Waals surface area (Å²) in [5.74, 6) is -0.928. The van der Waals surface area contributed by atoms with Gasteiger partial charge in [-0.05, 0) is 0 Å². The van der Waals surface area contributed by atoms with Gasteiger partial charge in [0, 0.05) is 0 Å². The Morgan fingerprint density at radius 1 is 2.00 bits per heavy atom. The summed E-state index contributed by atoms with van der Waals surface area (Å²) >= 11 is 1.73. The normalized spacial score (nSPS) is 13.4. The van der Waals surface area contributed by atoms with E-state index in [-0.39, 0.29) is 0 Å². The number of carboxylic acids is 1. The van der Waals surface area contributed by atoms with Crippen LogP contribution >= 0.6 is 0 Å². The van der Waals surface area contributed by atoms with Gasteiger partial charge in [0.15, 0.2) is 0 Å². The number of hydrogen-bond donors (Lipinski definition) is 2. The SMILES string of the molecule is NC([CH2][Ge])C(=O)O. The van der Waals surface area contributed by atoms with Gasteiger partial charge in [-0.15, -0.1) is 0 Å². The third-order valence-corrected chi connectivity index (χ3v) is 1.46. The van der Waals surface area contributed by atoms with Crippen LogP contribution in [0.15, 0.2) is 0 Å². The molecule has 1 unspecified atom stereocenters. The average Bonchev–Trinajstić information content (AvgIpc) is 1.65. The van der Waals surface area contributed by atoms with E-state index in [4.69, 9.17) is 10.8 Å². The van der Waals surface area contributed by atoms with Crippen molar-refractivity contribution in [3.63, 3.8) is 0 Å². The summed E-state index contributed by atoms with van der Waals surface area (Å²) < 4.78 is 0. The van der Waals surface area contributed by atoms with Gasteiger partial charge in [0.2, 0.25) is 0 Å². The number of rotatable bonds is 2. The summed E-state index contributed by atoms with van der Waals surface area (Å²) in [6.07, 6.45) is 0. The van der Waals surface area contributed by atoms with Crippen LogP contribution in [0.4, 0.5) is 0 Å². The standard InChI is InChI=1S/C3H6GeNO2/c4-1-2(5)3(6)7/h2H,1,5H2,(H,6,7). The topological polar surface area (TPSA) is 63.3 Å². The van der Waals surface area contributed by atoms with Crippen molar-refractivity contribution in [2.45, 2.75) is 11.3 Å². The monoisotopic (exact) mass is 162 g/mol. The Morgan fingerprint density at radius 3 is 2.43 bits per heavy atom. The van der Waals surface area contributed by atoms with E-state index in [9.17, 15) is 4.79 Å². The fourth-order valence-corrected chi connectivity index (χ4v) is 0.454. The molecule has 0 aromatic rings. The van der Waals surface area contributed by atoms with Crippen molar-refractivity contribution >= 4 is 22.5 Å². The van der Waals surface area contributed by atoms with Crippen LogP contribution in [0.3, 0.4) is 0 Å². The first kappa shape index (κ1) is 6.97. The molecule has 3 N–H and O–H groups in total. The van der Waals surface area contributed by atoms with Gasteiger partial charge in [-0.2, -0.15) is 0 Å². The van der Waals surface area contributed by atoms with Crippen LogP contribution in [0.25, 0.3) is 0 Å². The molecule has 0 aliphatic heterocycles. The summed E-state index contributed by atoms with van der Waals surface area (Å²) in [6, 6.07) is -0.681. The van der Waals surface area contributed by atoms with E-state index in [1.54, 1.807) is 16.5 Å². The molecule has 4 heteroatoms. The van der Waals surface area contributed by atoms with Crippen LogP contribution in [-0.2, 0) is 4.79 Å². The molecule has 3 radical (unpaired) electrons. The van der Waals surface area contributed by atoms with Crippen LogP contribution < -0.4 is 5.73 Å². The molecule has 0 spiro atoms. The summed E-state index contributed by atoms with van der Waals surface area (Å²) in [7, 11) is 0. The van der Waals surface area contributed by atoms with Gasteiger partial charge in [-0.25, -0.2) is 0 Å². The van der Waals surface area contributed by atoms with Crippen molar-refractivity contribution in [1.82, 2.24) is 0 Å². The van der Waals surface area contributed by atoms with E-state index < -0.39 is 12.0 Å². The van der Waals surface area contributed by atoms with Gasteiger partial charge in [-0.1, -0.05) is 0 Å². The van der Waals surface area contributed by atoms with E-state index in [2.05, 4.69) is 0 Å². The Hall–Kier alpha value is -0.0271. The van der Waals surface area contributed by atoms with Crippen molar-refractivity contribution in [3.05, 3.63) is 0 Å². The average molecular weight is 161 g/mol. The van der Waals surface area contributed by atoms with Crippen LogP contribution in [0.5, 0.6) is 0 Å². The molecule has 7 heavy (non-hydrogen) atoms. The molecule has 1 atom stereocenters. The Morgan fingerprint density at radius 2 is 2.43 bits per heavy atom. The molecular weight excluding hydrogens is 155 g/mol. The fourth-order valence-electron chi connectivity index (χ4n) is 0.0873.